The Balaban J connectivity index is 1.74. The van der Waals surface area contributed by atoms with Crippen molar-refractivity contribution in [2.45, 2.75) is 31.8 Å². The molecule has 2 atom stereocenters. The zero-order valence-corrected chi connectivity index (χ0v) is 12.0. The second-order valence-corrected chi connectivity index (χ2v) is 5.80. The summed E-state index contributed by atoms with van der Waals surface area (Å²) in [5.74, 6) is -0.937. The molecule has 1 amide bonds. The average Bonchev–Trinajstić information content (AvgIpc) is 3.37. The van der Waals surface area contributed by atoms with Gasteiger partial charge in [0, 0.05) is 18.2 Å². The zero-order chi connectivity index (χ0) is 15.0. The predicted octanol–water partition coefficient (Wildman–Crippen LogP) is 1.91. The standard InChI is InChI=1S/C16H19NO4/c1-21-14-5-3-2-4-10(14)9-17(11-6-7-11)15(18)12-8-13(12)16(19)20/h2-5,11-13H,6-9H2,1H3,(H,19,20)/t12-,13+/m0/s1. The van der Waals surface area contributed by atoms with Crippen LogP contribution in [-0.4, -0.2) is 35.0 Å². The fraction of sp³-hybridized carbons (Fsp3) is 0.500. The van der Waals surface area contributed by atoms with Crippen molar-refractivity contribution in [3.05, 3.63) is 29.8 Å². The number of carbonyl (C=O) groups is 2. The van der Waals surface area contributed by atoms with Crippen LogP contribution in [0.3, 0.4) is 0 Å². The molecule has 0 radical (unpaired) electrons. The molecule has 0 bridgehead atoms. The SMILES string of the molecule is COc1ccccc1CN(C(=O)[C@H]1C[C@H]1C(=O)O)C1CC1. The van der Waals surface area contributed by atoms with Crippen LogP contribution < -0.4 is 4.74 Å². The van der Waals surface area contributed by atoms with E-state index in [1.165, 1.54) is 0 Å². The summed E-state index contributed by atoms with van der Waals surface area (Å²) < 4.78 is 5.33. The summed E-state index contributed by atoms with van der Waals surface area (Å²) in [5.41, 5.74) is 0.966. The Labute approximate surface area is 123 Å². The van der Waals surface area contributed by atoms with Gasteiger partial charge in [-0.2, -0.15) is 0 Å². The van der Waals surface area contributed by atoms with E-state index in [9.17, 15) is 9.59 Å². The van der Waals surface area contributed by atoms with E-state index in [-0.39, 0.29) is 17.9 Å². The van der Waals surface area contributed by atoms with Crippen molar-refractivity contribution in [1.82, 2.24) is 4.90 Å². The summed E-state index contributed by atoms with van der Waals surface area (Å²) in [6.07, 6.45) is 2.49. The largest absolute Gasteiger partial charge is 0.496 e. The van der Waals surface area contributed by atoms with Crippen LogP contribution in [0, 0.1) is 11.8 Å². The molecule has 1 N–H and O–H groups in total. The van der Waals surface area contributed by atoms with Gasteiger partial charge in [0.25, 0.3) is 0 Å². The number of aliphatic carboxylic acids is 1. The van der Waals surface area contributed by atoms with E-state index in [2.05, 4.69) is 0 Å². The molecule has 0 saturated heterocycles. The van der Waals surface area contributed by atoms with Gasteiger partial charge >= 0.3 is 5.97 Å². The Bertz CT molecular complexity index is 567. The second-order valence-electron chi connectivity index (χ2n) is 5.80. The number of hydrogen-bond donors (Lipinski definition) is 1. The molecule has 2 aliphatic rings. The molecule has 5 nitrogen and oxygen atoms in total. The third kappa shape index (κ3) is 2.86. The lowest BCUT2D eigenvalue weighted by atomic mass is 10.1. The molecule has 0 aliphatic heterocycles. The number of amides is 1. The van der Waals surface area contributed by atoms with Crippen molar-refractivity contribution in [3.8, 4) is 5.75 Å². The van der Waals surface area contributed by atoms with E-state index in [0.717, 1.165) is 24.2 Å². The van der Waals surface area contributed by atoms with E-state index in [4.69, 9.17) is 9.84 Å². The van der Waals surface area contributed by atoms with Gasteiger partial charge in [-0.05, 0) is 25.3 Å². The zero-order valence-electron chi connectivity index (χ0n) is 12.0. The number of methoxy groups -OCH3 is 1. The Hall–Kier alpha value is -2.04. The van der Waals surface area contributed by atoms with Crippen molar-refractivity contribution in [3.63, 3.8) is 0 Å². The fourth-order valence-electron chi connectivity index (χ4n) is 2.74. The minimum absolute atomic E-state index is 0.0178. The van der Waals surface area contributed by atoms with Crippen molar-refractivity contribution in [2.75, 3.05) is 7.11 Å². The summed E-state index contributed by atoms with van der Waals surface area (Å²) in [5, 5.41) is 8.99. The third-order valence-electron chi connectivity index (χ3n) is 4.23. The van der Waals surface area contributed by atoms with Crippen LogP contribution in [0.1, 0.15) is 24.8 Å². The maximum Gasteiger partial charge on any atom is 0.307 e. The third-order valence-corrected chi connectivity index (χ3v) is 4.23. The summed E-state index contributed by atoms with van der Waals surface area (Å²) in [6.45, 7) is 0.496. The molecular formula is C16H19NO4. The van der Waals surface area contributed by atoms with Crippen LogP contribution in [0.5, 0.6) is 5.75 Å². The van der Waals surface area contributed by atoms with Gasteiger partial charge in [0.2, 0.25) is 5.91 Å². The number of hydrogen-bond acceptors (Lipinski definition) is 3. The molecular weight excluding hydrogens is 270 g/mol. The highest BCUT2D eigenvalue weighted by Crippen LogP contribution is 2.43. The first-order valence-corrected chi connectivity index (χ1v) is 7.27. The Morgan fingerprint density at radius 2 is 2.00 bits per heavy atom. The molecule has 1 aromatic rings. The number of rotatable bonds is 6. The first-order chi connectivity index (χ1) is 10.1. The number of carboxylic acids is 1. The van der Waals surface area contributed by atoms with Crippen LogP contribution in [0.4, 0.5) is 0 Å². The van der Waals surface area contributed by atoms with E-state index >= 15 is 0 Å². The highest BCUT2D eigenvalue weighted by atomic mass is 16.5. The minimum atomic E-state index is -0.860. The molecule has 5 heteroatoms. The average molecular weight is 289 g/mol. The van der Waals surface area contributed by atoms with Gasteiger partial charge in [0.05, 0.1) is 18.9 Å². The van der Waals surface area contributed by atoms with Crippen molar-refractivity contribution >= 4 is 11.9 Å². The maximum atomic E-state index is 12.5. The molecule has 2 saturated carbocycles. The molecule has 3 rings (SSSR count). The smallest absolute Gasteiger partial charge is 0.307 e. The minimum Gasteiger partial charge on any atom is -0.496 e. The van der Waals surface area contributed by atoms with Gasteiger partial charge in [-0.1, -0.05) is 18.2 Å². The van der Waals surface area contributed by atoms with Crippen molar-refractivity contribution in [1.29, 1.82) is 0 Å². The Morgan fingerprint density at radius 1 is 1.29 bits per heavy atom. The van der Waals surface area contributed by atoms with E-state index in [1.807, 2.05) is 29.2 Å². The fourth-order valence-corrected chi connectivity index (χ4v) is 2.74. The summed E-state index contributed by atoms with van der Waals surface area (Å²) in [4.78, 5) is 25.3. The molecule has 2 fully saturated rings. The number of carboxylic acid groups (broad SMARTS) is 1. The summed E-state index contributed by atoms with van der Waals surface area (Å²) in [6, 6.07) is 7.90. The molecule has 1 aromatic carbocycles. The van der Waals surface area contributed by atoms with Crippen LogP contribution in [0.15, 0.2) is 24.3 Å². The normalized spacial score (nSPS) is 23.5. The predicted molar refractivity (Wildman–Crippen MR) is 75.8 cm³/mol. The topological polar surface area (TPSA) is 66.8 Å². The summed E-state index contributed by atoms with van der Waals surface area (Å²) >= 11 is 0. The first kappa shape index (κ1) is 13.9. The lowest BCUT2D eigenvalue weighted by Gasteiger charge is -2.23. The molecule has 0 spiro atoms. The number of carbonyl (C=O) groups excluding carboxylic acids is 1. The number of para-hydroxylation sites is 1. The van der Waals surface area contributed by atoms with Gasteiger partial charge in [0.15, 0.2) is 0 Å². The van der Waals surface area contributed by atoms with Crippen LogP contribution >= 0.6 is 0 Å². The van der Waals surface area contributed by atoms with Gasteiger partial charge in [0.1, 0.15) is 5.75 Å². The van der Waals surface area contributed by atoms with Crippen LogP contribution in [0.2, 0.25) is 0 Å². The van der Waals surface area contributed by atoms with Gasteiger partial charge in [-0.15, -0.1) is 0 Å². The second kappa shape index (κ2) is 5.39. The van der Waals surface area contributed by atoms with Crippen LogP contribution in [0.25, 0.3) is 0 Å². The molecule has 0 heterocycles. The number of nitrogens with zero attached hydrogens (tertiary/aromatic N) is 1. The van der Waals surface area contributed by atoms with Gasteiger partial charge < -0.3 is 14.7 Å². The molecule has 2 aliphatic carbocycles. The highest BCUT2D eigenvalue weighted by Gasteiger charge is 2.51. The van der Waals surface area contributed by atoms with Crippen molar-refractivity contribution < 1.29 is 19.4 Å². The monoisotopic (exact) mass is 289 g/mol. The quantitative estimate of drug-likeness (QED) is 0.868. The lowest BCUT2D eigenvalue weighted by molar-refractivity contribution is -0.142. The number of ether oxygens (including phenoxy) is 1. The van der Waals surface area contributed by atoms with E-state index in [0.29, 0.717) is 13.0 Å². The van der Waals surface area contributed by atoms with Gasteiger partial charge in [-0.25, -0.2) is 0 Å². The van der Waals surface area contributed by atoms with Gasteiger partial charge in [-0.3, -0.25) is 9.59 Å². The molecule has 112 valence electrons. The molecule has 0 unspecified atom stereocenters. The number of benzene rings is 1. The van der Waals surface area contributed by atoms with Crippen molar-refractivity contribution in [2.24, 2.45) is 11.8 Å². The van der Waals surface area contributed by atoms with E-state index in [1.54, 1.807) is 7.11 Å². The Kier molecular flexibility index (Phi) is 3.57. The molecule has 0 aromatic heterocycles. The Morgan fingerprint density at radius 3 is 2.57 bits per heavy atom. The lowest BCUT2D eigenvalue weighted by Crippen LogP contribution is -2.34. The maximum absolute atomic E-state index is 12.5. The summed E-state index contributed by atoms with van der Waals surface area (Å²) in [7, 11) is 1.61. The highest BCUT2D eigenvalue weighted by molar-refractivity contribution is 5.89. The van der Waals surface area contributed by atoms with Crippen LogP contribution in [-0.2, 0) is 16.1 Å². The molecule has 21 heavy (non-hydrogen) atoms. The first-order valence-electron chi connectivity index (χ1n) is 7.27. The van der Waals surface area contributed by atoms with E-state index < -0.39 is 11.9 Å².